The van der Waals surface area contributed by atoms with Gasteiger partial charge in [-0.1, -0.05) is 23.7 Å². The maximum Gasteiger partial charge on any atom is 0.287 e. The first-order valence-corrected chi connectivity index (χ1v) is 8.83. The molecule has 0 saturated carbocycles. The Hall–Kier alpha value is -3.59. The van der Waals surface area contributed by atoms with E-state index in [0.29, 0.717) is 22.0 Å². The number of H-pyrrole nitrogens is 1. The quantitative estimate of drug-likeness (QED) is 0.494. The highest BCUT2D eigenvalue weighted by molar-refractivity contribution is 6.30. The molecule has 0 aliphatic carbocycles. The molecule has 0 aliphatic heterocycles. The molecule has 0 radical (unpaired) electrons. The topological polar surface area (TPSA) is 107 Å². The number of fused-ring (bicyclic) bond motifs is 3. The van der Waals surface area contributed by atoms with Crippen LogP contribution < -0.4 is 5.56 Å². The summed E-state index contributed by atoms with van der Waals surface area (Å²) in [6.07, 6.45) is 1.60. The lowest BCUT2D eigenvalue weighted by Crippen LogP contribution is -2.21. The first-order chi connectivity index (χ1) is 13.5. The summed E-state index contributed by atoms with van der Waals surface area (Å²) in [5.41, 5.74) is 3.38. The summed E-state index contributed by atoms with van der Waals surface area (Å²) in [4.78, 5) is 17.1. The van der Waals surface area contributed by atoms with Gasteiger partial charge in [-0.05, 0) is 37.6 Å². The molecule has 5 aromatic rings. The van der Waals surface area contributed by atoms with Gasteiger partial charge in [0.1, 0.15) is 11.3 Å². The first-order valence-electron chi connectivity index (χ1n) is 8.45. The van der Waals surface area contributed by atoms with Gasteiger partial charge in [-0.25, -0.2) is 9.08 Å². The van der Waals surface area contributed by atoms with E-state index in [4.69, 9.17) is 11.6 Å². The first kappa shape index (κ1) is 16.6. The Morgan fingerprint density at radius 1 is 1.14 bits per heavy atom. The summed E-state index contributed by atoms with van der Waals surface area (Å²) >= 11 is 6.14. The van der Waals surface area contributed by atoms with Crippen LogP contribution in [0.3, 0.4) is 0 Å². The van der Waals surface area contributed by atoms with E-state index < -0.39 is 0 Å². The molecule has 4 heterocycles. The molecule has 0 atom stereocenters. The molecular formula is C18H13ClN8O. The Labute approximate surface area is 162 Å². The van der Waals surface area contributed by atoms with Gasteiger partial charge in [0.2, 0.25) is 0 Å². The van der Waals surface area contributed by atoms with Gasteiger partial charge in [-0.15, -0.1) is 15.3 Å². The Morgan fingerprint density at radius 2 is 2.00 bits per heavy atom. The molecule has 0 saturated heterocycles. The molecule has 0 aliphatic rings. The monoisotopic (exact) mass is 392 g/mol. The lowest BCUT2D eigenvalue weighted by atomic mass is 10.1. The third-order valence-electron chi connectivity index (χ3n) is 4.47. The third kappa shape index (κ3) is 2.40. The molecule has 138 valence electrons. The van der Waals surface area contributed by atoms with E-state index in [0.717, 1.165) is 16.8 Å². The van der Waals surface area contributed by atoms with E-state index in [1.165, 1.54) is 4.57 Å². The number of aromatic amines is 1. The number of pyridine rings is 1. The Balaban J connectivity index is 1.79. The van der Waals surface area contributed by atoms with E-state index >= 15 is 0 Å². The minimum atomic E-state index is -0.372. The SMILES string of the molecule is Cc1nc(-n2ccc3c(nnc4c(-c5cccc(Cl)c5)c(C)nn43)c2=O)n[nH]1. The van der Waals surface area contributed by atoms with Crippen molar-refractivity contribution in [3.63, 3.8) is 0 Å². The summed E-state index contributed by atoms with van der Waals surface area (Å²) in [5.74, 6) is 0.861. The predicted octanol–water partition coefficient (Wildman–Crippen LogP) is 2.48. The molecule has 4 aromatic heterocycles. The van der Waals surface area contributed by atoms with Gasteiger partial charge in [-0.2, -0.15) is 10.1 Å². The zero-order valence-corrected chi connectivity index (χ0v) is 15.6. The fraction of sp³-hybridized carbons (Fsp3) is 0.111. The normalized spacial score (nSPS) is 11.5. The number of halogens is 1. The van der Waals surface area contributed by atoms with Crippen molar-refractivity contribution in [3.8, 4) is 17.1 Å². The third-order valence-corrected chi connectivity index (χ3v) is 4.70. The molecule has 28 heavy (non-hydrogen) atoms. The lowest BCUT2D eigenvalue weighted by Gasteiger charge is -2.04. The second kappa shape index (κ2) is 5.96. The minimum Gasteiger partial charge on any atom is -0.266 e. The lowest BCUT2D eigenvalue weighted by molar-refractivity contribution is 0.874. The molecule has 0 unspecified atom stereocenters. The van der Waals surface area contributed by atoms with Crippen LogP contribution in [0.4, 0.5) is 0 Å². The summed E-state index contributed by atoms with van der Waals surface area (Å²) < 4.78 is 2.95. The molecule has 10 heteroatoms. The van der Waals surface area contributed by atoms with Crippen molar-refractivity contribution in [2.75, 3.05) is 0 Å². The smallest absolute Gasteiger partial charge is 0.266 e. The molecule has 1 aromatic carbocycles. The van der Waals surface area contributed by atoms with Crippen LogP contribution in [0.2, 0.25) is 5.02 Å². The van der Waals surface area contributed by atoms with Gasteiger partial charge in [0, 0.05) is 11.2 Å². The zero-order valence-electron chi connectivity index (χ0n) is 14.9. The number of aryl methyl sites for hydroxylation is 2. The maximum absolute atomic E-state index is 12.9. The van der Waals surface area contributed by atoms with E-state index in [2.05, 4.69) is 30.5 Å². The van der Waals surface area contributed by atoms with E-state index in [1.54, 1.807) is 29.8 Å². The van der Waals surface area contributed by atoms with Crippen LogP contribution in [0, 0.1) is 13.8 Å². The highest BCUT2D eigenvalue weighted by Crippen LogP contribution is 2.29. The summed E-state index contributed by atoms with van der Waals surface area (Å²) in [6, 6.07) is 9.21. The van der Waals surface area contributed by atoms with Crippen LogP contribution in [0.1, 0.15) is 11.5 Å². The second-order valence-electron chi connectivity index (χ2n) is 6.35. The van der Waals surface area contributed by atoms with Crippen LogP contribution in [0.25, 0.3) is 33.8 Å². The highest BCUT2D eigenvalue weighted by Gasteiger charge is 2.18. The molecule has 0 spiro atoms. The molecular weight excluding hydrogens is 380 g/mol. The highest BCUT2D eigenvalue weighted by atomic mass is 35.5. The minimum absolute atomic E-state index is 0.178. The Morgan fingerprint density at radius 3 is 2.75 bits per heavy atom. The Kier molecular flexibility index (Phi) is 3.53. The van der Waals surface area contributed by atoms with Crippen LogP contribution in [-0.4, -0.2) is 39.6 Å². The number of aromatic nitrogens is 8. The predicted molar refractivity (Wildman–Crippen MR) is 104 cm³/mol. The number of hydrogen-bond acceptors (Lipinski definition) is 6. The summed E-state index contributed by atoms with van der Waals surface area (Å²) in [5, 5.41) is 20.4. The molecule has 1 N–H and O–H groups in total. The molecule has 5 rings (SSSR count). The Bertz CT molecular complexity index is 1430. The number of nitrogens with zero attached hydrogens (tertiary/aromatic N) is 7. The van der Waals surface area contributed by atoms with Crippen LogP contribution in [0.15, 0.2) is 41.3 Å². The number of benzene rings is 1. The van der Waals surface area contributed by atoms with Crippen molar-refractivity contribution in [1.29, 1.82) is 0 Å². The fourth-order valence-corrected chi connectivity index (χ4v) is 3.42. The van der Waals surface area contributed by atoms with Gasteiger partial charge in [0.25, 0.3) is 11.5 Å². The van der Waals surface area contributed by atoms with Gasteiger partial charge < -0.3 is 0 Å². The van der Waals surface area contributed by atoms with Gasteiger partial charge >= 0.3 is 0 Å². The van der Waals surface area contributed by atoms with Crippen molar-refractivity contribution in [2.24, 2.45) is 0 Å². The van der Waals surface area contributed by atoms with E-state index in [9.17, 15) is 4.79 Å². The van der Waals surface area contributed by atoms with E-state index in [-0.39, 0.29) is 17.0 Å². The number of rotatable bonds is 2. The molecule has 0 amide bonds. The largest absolute Gasteiger partial charge is 0.287 e. The number of nitrogens with one attached hydrogen (secondary N) is 1. The zero-order chi connectivity index (χ0) is 19.4. The molecule has 9 nitrogen and oxygen atoms in total. The van der Waals surface area contributed by atoms with Gasteiger partial charge in [0.05, 0.1) is 11.3 Å². The maximum atomic E-state index is 12.9. The molecule has 0 fully saturated rings. The average molecular weight is 393 g/mol. The van der Waals surface area contributed by atoms with E-state index in [1.807, 2.05) is 25.1 Å². The van der Waals surface area contributed by atoms with Crippen molar-refractivity contribution < 1.29 is 0 Å². The van der Waals surface area contributed by atoms with Crippen molar-refractivity contribution in [1.82, 2.24) is 39.6 Å². The van der Waals surface area contributed by atoms with Crippen molar-refractivity contribution >= 4 is 28.3 Å². The van der Waals surface area contributed by atoms with Gasteiger partial charge in [-0.3, -0.25) is 9.89 Å². The van der Waals surface area contributed by atoms with Gasteiger partial charge in [0.15, 0.2) is 11.2 Å². The number of hydrogen-bond donors (Lipinski definition) is 1. The van der Waals surface area contributed by atoms with Crippen molar-refractivity contribution in [2.45, 2.75) is 13.8 Å². The summed E-state index contributed by atoms with van der Waals surface area (Å²) in [7, 11) is 0. The molecule has 0 bridgehead atoms. The van der Waals surface area contributed by atoms with Crippen LogP contribution in [-0.2, 0) is 0 Å². The summed E-state index contributed by atoms with van der Waals surface area (Å²) in [6.45, 7) is 3.64. The second-order valence-corrected chi connectivity index (χ2v) is 6.79. The standard InChI is InChI=1S/C18H13ClN8O/c1-9-14(11-4-3-5-12(19)8-11)16-23-22-15-13(27(16)25-9)6-7-26(17(15)28)18-20-10(2)21-24-18/h3-8H,1-2H3,(H,20,21,24). The van der Waals surface area contributed by atoms with Crippen LogP contribution in [0.5, 0.6) is 0 Å². The average Bonchev–Trinajstić information content (AvgIpc) is 3.24. The fourth-order valence-electron chi connectivity index (χ4n) is 3.23. The van der Waals surface area contributed by atoms with Crippen LogP contribution >= 0.6 is 11.6 Å². The van der Waals surface area contributed by atoms with Crippen molar-refractivity contribution in [3.05, 3.63) is 63.4 Å².